The van der Waals surface area contributed by atoms with E-state index in [2.05, 4.69) is 19.1 Å². The zero-order valence-corrected chi connectivity index (χ0v) is 7.78. The van der Waals surface area contributed by atoms with Crippen molar-refractivity contribution in [1.82, 2.24) is 0 Å². The Morgan fingerprint density at radius 2 is 1.92 bits per heavy atom. The molecule has 0 amide bonds. The average molecular weight is 175 g/mol. The molecule has 1 aliphatic rings. The predicted molar refractivity (Wildman–Crippen MR) is 53.1 cm³/mol. The second kappa shape index (κ2) is 3.93. The van der Waals surface area contributed by atoms with Crippen LogP contribution in [0.1, 0.15) is 18.4 Å². The van der Waals surface area contributed by atoms with Crippen LogP contribution < -0.4 is 0 Å². The van der Waals surface area contributed by atoms with E-state index in [9.17, 15) is 0 Å². The van der Waals surface area contributed by atoms with Gasteiger partial charge in [-0.1, -0.05) is 30.3 Å². The van der Waals surface area contributed by atoms with Gasteiger partial charge >= 0.3 is 0 Å². The number of benzene rings is 1. The van der Waals surface area contributed by atoms with E-state index >= 15 is 0 Å². The normalized spacial score (nSPS) is 26.8. The molecule has 13 heavy (non-hydrogen) atoms. The van der Waals surface area contributed by atoms with Crippen LogP contribution in [0.3, 0.4) is 0 Å². The zero-order chi connectivity index (χ0) is 9.10. The topological polar surface area (TPSA) is 9.23 Å². The maximum absolute atomic E-state index is 5.69. The van der Waals surface area contributed by atoms with Crippen LogP contribution in [0.15, 0.2) is 30.3 Å². The van der Waals surface area contributed by atoms with E-state index in [1.165, 1.54) is 5.56 Å². The van der Waals surface area contributed by atoms with Crippen molar-refractivity contribution in [3.63, 3.8) is 0 Å². The summed E-state index contributed by atoms with van der Waals surface area (Å²) in [5.41, 5.74) is 1.26. The number of hydrogen-bond acceptors (Lipinski definition) is 1. The molecular weight excluding hydrogens is 160 g/mol. The molecule has 1 aromatic rings. The lowest BCUT2D eigenvalue weighted by molar-refractivity contribution is -0.0289. The lowest BCUT2D eigenvalue weighted by atomic mass is 9.84. The van der Waals surface area contributed by atoms with Crippen molar-refractivity contribution in [2.75, 3.05) is 0 Å². The highest BCUT2D eigenvalue weighted by atomic mass is 16.5. The fraction of sp³-hybridized carbons (Fsp3) is 0.417. The Morgan fingerprint density at radius 3 is 2.54 bits per heavy atom. The van der Waals surface area contributed by atoms with Crippen molar-refractivity contribution in [3.05, 3.63) is 42.8 Å². The van der Waals surface area contributed by atoms with Gasteiger partial charge in [0.25, 0.3) is 0 Å². The summed E-state index contributed by atoms with van der Waals surface area (Å²) in [7, 11) is 0. The molecule has 0 saturated heterocycles. The SMILES string of the molecule is [CH2]C1CC(OCc2ccccc2)C1. The summed E-state index contributed by atoms with van der Waals surface area (Å²) >= 11 is 0. The van der Waals surface area contributed by atoms with E-state index in [1.807, 2.05) is 18.2 Å². The molecule has 1 radical (unpaired) electrons. The molecule has 1 nitrogen and oxygen atoms in total. The van der Waals surface area contributed by atoms with Crippen LogP contribution >= 0.6 is 0 Å². The van der Waals surface area contributed by atoms with Crippen LogP contribution in [0.5, 0.6) is 0 Å². The molecule has 1 heteroatoms. The molecule has 1 aliphatic carbocycles. The monoisotopic (exact) mass is 175 g/mol. The molecule has 0 bridgehead atoms. The van der Waals surface area contributed by atoms with Crippen molar-refractivity contribution < 1.29 is 4.74 Å². The van der Waals surface area contributed by atoms with Crippen LogP contribution in [0, 0.1) is 12.8 Å². The van der Waals surface area contributed by atoms with Crippen LogP contribution in [0.4, 0.5) is 0 Å². The van der Waals surface area contributed by atoms with E-state index < -0.39 is 0 Å². The maximum atomic E-state index is 5.69. The number of hydrogen-bond donors (Lipinski definition) is 0. The van der Waals surface area contributed by atoms with Crippen LogP contribution in [-0.2, 0) is 11.3 Å². The third-order valence-electron chi connectivity index (χ3n) is 2.52. The minimum atomic E-state index is 0.461. The Labute approximate surface area is 79.7 Å². The minimum Gasteiger partial charge on any atom is -0.374 e. The van der Waals surface area contributed by atoms with E-state index in [0.29, 0.717) is 12.0 Å². The molecule has 0 N–H and O–H groups in total. The largest absolute Gasteiger partial charge is 0.374 e. The molecule has 0 aliphatic heterocycles. The Kier molecular flexibility index (Phi) is 2.65. The first-order chi connectivity index (χ1) is 6.34. The first-order valence-electron chi connectivity index (χ1n) is 4.83. The fourth-order valence-electron chi connectivity index (χ4n) is 1.60. The number of rotatable bonds is 3. The second-order valence-electron chi connectivity index (χ2n) is 3.76. The predicted octanol–water partition coefficient (Wildman–Crippen LogP) is 2.82. The van der Waals surface area contributed by atoms with Gasteiger partial charge in [0.15, 0.2) is 0 Å². The first-order valence-corrected chi connectivity index (χ1v) is 4.83. The lowest BCUT2D eigenvalue weighted by Crippen LogP contribution is -2.29. The van der Waals surface area contributed by atoms with Gasteiger partial charge in [0.1, 0.15) is 0 Å². The van der Waals surface area contributed by atoms with Crippen molar-refractivity contribution >= 4 is 0 Å². The summed E-state index contributed by atoms with van der Waals surface area (Å²) in [4.78, 5) is 0. The maximum Gasteiger partial charge on any atom is 0.0720 e. The zero-order valence-electron chi connectivity index (χ0n) is 7.78. The Morgan fingerprint density at radius 1 is 1.23 bits per heavy atom. The van der Waals surface area contributed by atoms with E-state index in [1.54, 1.807) is 0 Å². The van der Waals surface area contributed by atoms with Gasteiger partial charge in [0.05, 0.1) is 12.7 Å². The van der Waals surface area contributed by atoms with Gasteiger partial charge in [0, 0.05) is 0 Å². The molecule has 1 aromatic carbocycles. The van der Waals surface area contributed by atoms with Gasteiger partial charge in [-0.15, -0.1) is 0 Å². The number of ether oxygens (including phenoxy) is 1. The van der Waals surface area contributed by atoms with E-state index in [0.717, 1.165) is 19.4 Å². The van der Waals surface area contributed by atoms with Crippen molar-refractivity contribution in [1.29, 1.82) is 0 Å². The third-order valence-corrected chi connectivity index (χ3v) is 2.52. The summed E-state index contributed by atoms with van der Waals surface area (Å²) in [6.45, 7) is 4.72. The third kappa shape index (κ3) is 2.31. The smallest absolute Gasteiger partial charge is 0.0720 e. The highest BCUT2D eigenvalue weighted by Gasteiger charge is 2.25. The van der Waals surface area contributed by atoms with Crippen molar-refractivity contribution in [3.8, 4) is 0 Å². The van der Waals surface area contributed by atoms with Crippen molar-refractivity contribution in [2.24, 2.45) is 5.92 Å². The molecule has 69 valence electrons. The lowest BCUT2D eigenvalue weighted by Gasteiger charge is -2.32. The van der Waals surface area contributed by atoms with Gasteiger partial charge in [-0.05, 0) is 31.2 Å². The Balaban J connectivity index is 1.74. The highest BCUT2D eigenvalue weighted by molar-refractivity contribution is 5.13. The van der Waals surface area contributed by atoms with E-state index in [-0.39, 0.29) is 0 Å². The van der Waals surface area contributed by atoms with E-state index in [4.69, 9.17) is 4.74 Å². The summed E-state index contributed by atoms with van der Waals surface area (Å²) < 4.78 is 5.69. The molecular formula is C12H15O. The Bertz CT molecular complexity index is 249. The van der Waals surface area contributed by atoms with Gasteiger partial charge in [-0.2, -0.15) is 0 Å². The standard InChI is InChI=1S/C12H15O/c1-10-7-12(8-10)13-9-11-5-3-2-4-6-11/h2-6,10,12H,1,7-9H2. The van der Waals surface area contributed by atoms with Crippen LogP contribution in [0.25, 0.3) is 0 Å². The summed E-state index contributed by atoms with van der Waals surface area (Å²) in [6.07, 6.45) is 2.72. The molecule has 2 rings (SSSR count). The van der Waals surface area contributed by atoms with Crippen LogP contribution in [-0.4, -0.2) is 6.10 Å². The highest BCUT2D eigenvalue weighted by Crippen LogP contribution is 2.29. The molecule has 0 aromatic heterocycles. The minimum absolute atomic E-state index is 0.461. The van der Waals surface area contributed by atoms with Crippen LogP contribution in [0.2, 0.25) is 0 Å². The molecule has 0 atom stereocenters. The molecule has 0 heterocycles. The molecule has 1 fully saturated rings. The first kappa shape index (κ1) is 8.76. The Hall–Kier alpha value is -0.820. The van der Waals surface area contributed by atoms with Crippen molar-refractivity contribution in [2.45, 2.75) is 25.6 Å². The fourth-order valence-corrected chi connectivity index (χ4v) is 1.60. The molecule has 0 unspecified atom stereocenters. The van der Waals surface area contributed by atoms with Gasteiger partial charge in [-0.25, -0.2) is 0 Å². The summed E-state index contributed by atoms with van der Waals surface area (Å²) in [5.74, 6) is 0.626. The van der Waals surface area contributed by atoms with Gasteiger partial charge < -0.3 is 4.74 Å². The average Bonchev–Trinajstić information content (AvgIpc) is 2.12. The molecule has 1 saturated carbocycles. The van der Waals surface area contributed by atoms with Gasteiger partial charge in [-0.3, -0.25) is 0 Å². The second-order valence-corrected chi connectivity index (χ2v) is 3.76. The molecule has 0 spiro atoms. The van der Waals surface area contributed by atoms with Gasteiger partial charge in [0.2, 0.25) is 0 Å². The quantitative estimate of drug-likeness (QED) is 0.686. The summed E-state index contributed by atoms with van der Waals surface area (Å²) in [6, 6.07) is 10.3. The summed E-state index contributed by atoms with van der Waals surface area (Å²) in [5, 5.41) is 0.